The van der Waals surface area contributed by atoms with Gasteiger partial charge in [-0.2, -0.15) is 0 Å². The summed E-state index contributed by atoms with van der Waals surface area (Å²) in [5, 5.41) is 15.0. The molecule has 8 rings (SSSR count). The molecule has 6 heterocycles. The Morgan fingerprint density at radius 1 is 0.325 bits per heavy atom. The van der Waals surface area contributed by atoms with Gasteiger partial charge in [0.05, 0.1) is 0 Å². The van der Waals surface area contributed by atoms with Crippen molar-refractivity contribution in [3.8, 4) is 0 Å². The lowest BCUT2D eigenvalue weighted by Crippen LogP contribution is -2.44. The highest BCUT2D eigenvalue weighted by molar-refractivity contribution is 5.28. The van der Waals surface area contributed by atoms with Crippen molar-refractivity contribution in [3.05, 3.63) is 70.8 Å². The first-order valence-corrected chi connectivity index (χ1v) is 15.7. The summed E-state index contributed by atoms with van der Waals surface area (Å²) in [6.45, 7) is 20.9. The molecule has 40 heavy (non-hydrogen) atoms. The average molecular weight is 549 g/mol. The first kappa shape index (κ1) is 29.6. The first-order valence-electron chi connectivity index (χ1n) is 15.7. The Bertz CT molecular complexity index is 819. The van der Waals surface area contributed by atoms with Crippen molar-refractivity contribution < 1.29 is 0 Å². The zero-order chi connectivity index (χ0) is 27.2. The number of nitrogens with zero attached hydrogens (tertiary/aromatic N) is 4. The zero-order valence-electron chi connectivity index (χ0n) is 24.5. The largest absolute Gasteiger partial charge is 0.314 e. The highest BCUT2D eigenvalue weighted by Gasteiger charge is 2.16. The molecule has 4 N–H and O–H groups in total. The van der Waals surface area contributed by atoms with Gasteiger partial charge in [0, 0.05) is 131 Å². The van der Waals surface area contributed by atoms with E-state index >= 15 is 0 Å². The molecule has 220 valence electrons. The van der Waals surface area contributed by atoms with Crippen molar-refractivity contribution in [2.75, 3.05) is 105 Å². The van der Waals surface area contributed by atoms with Gasteiger partial charge in [0.1, 0.15) is 0 Å². The van der Waals surface area contributed by atoms with Gasteiger partial charge in [0.15, 0.2) is 0 Å². The smallest absolute Gasteiger partial charge is 0.0238 e. The lowest BCUT2D eigenvalue weighted by molar-refractivity contribution is 0.221. The Morgan fingerprint density at radius 3 is 0.725 bits per heavy atom. The minimum absolute atomic E-state index is 1.02. The van der Waals surface area contributed by atoms with Crippen LogP contribution in [-0.2, 0) is 26.2 Å². The molecule has 0 radical (unpaired) electrons. The molecule has 2 aromatic rings. The van der Waals surface area contributed by atoms with Gasteiger partial charge in [-0.3, -0.25) is 19.6 Å². The second-order valence-electron chi connectivity index (χ2n) is 11.6. The van der Waals surface area contributed by atoms with Crippen LogP contribution in [0.3, 0.4) is 0 Å². The summed E-state index contributed by atoms with van der Waals surface area (Å²) in [5.74, 6) is 0. The maximum absolute atomic E-state index is 3.76. The van der Waals surface area contributed by atoms with Crippen LogP contribution in [-0.4, -0.2) is 124 Å². The summed E-state index contributed by atoms with van der Waals surface area (Å²) in [5.41, 5.74) is 5.90. The van der Waals surface area contributed by atoms with Gasteiger partial charge < -0.3 is 21.3 Å². The van der Waals surface area contributed by atoms with Crippen LogP contribution >= 0.6 is 0 Å². The molecule has 2 saturated heterocycles. The molecule has 0 spiro atoms. The first-order chi connectivity index (χ1) is 19.8. The highest BCUT2D eigenvalue weighted by atomic mass is 15.2. The van der Waals surface area contributed by atoms with Crippen molar-refractivity contribution in [2.45, 2.75) is 26.2 Å². The summed E-state index contributed by atoms with van der Waals surface area (Å²) in [6.07, 6.45) is 0. The quantitative estimate of drug-likeness (QED) is 0.389. The monoisotopic (exact) mass is 548 g/mol. The zero-order valence-corrected chi connectivity index (χ0v) is 24.5. The van der Waals surface area contributed by atoms with Gasteiger partial charge in [-0.1, -0.05) is 48.5 Å². The predicted octanol–water partition coefficient (Wildman–Crippen LogP) is 0.994. The molecule has 8 heteroatoms. The molecular weight excluding hydrogens is 496 g/mol. The molecule has 0 saturated carbocycles. The number of hydrogen-bond donors (Lipinski definition) is 4. The lowest BCUT2D eigenvalue weighted by Gasteiger charge is -2.30. The van der Waals surface area contributed by atoms with E-state index in [1.807, 2.05) is 0 Å². The van der Waals surface area contributed by atoms with Crippen molar-refractivity contribution in [1.29, 1.82) is 0 Å². The molecule has 6 aliphatic rings. The number of nitrogens with one attached hydrogen (secondary N) is 4. The third-order valence-corrected chi connectivity index (χ3v) is 8.65. The van der Waals surface area contributed by atoms with Crippen LogP contribution in [0, 0.1) is 0 Å². The molecule has 6 aliphatic heterocycles. The minimum Gasteiger partial charge on any atom is -0.314 e. The summed E-state index contributed by atoms with van der Waals surface area (Å²) in [7, 11) is 0. The number of benzene rings is 2. The predicted molar refractivity (Wildman–Crippen MR) is 165 cm³/mol. The fourth-order valence-corrected chi connectivity index (χ4v) is 6.17. The van der Waals surface area contributed by atoms with E-state index in [1.165, 1.54) is 22.3 Å². The van der Waals surface area contributed by atoms with E-state index in [-0.39, 0.29) is 0 Å². The molecule has 0 unspecified atom stereocenters. The molecular formula is C32H52N8. The molecule has 0 aromatic heterocycles. The number of hydrogen-bond acceptors (Lipinski definition) is 8. The van der Waals surface area contributed by atoms with E-state index in [9.17, 15) is 0 Å². The van der Waals surface area contributed by atoms with Crippen molar-refractivity contribution in [2.24, 2.45) is 0 Å². The van der Waals surface area contributed by atoms with Gasteiger partial charge in [-0.05, 0) is 22.3 Å². The van der Waals surface area contributed by atoms with Crippen LogP contribution in [0.4, 0.5) is 0 Å². The van der Waals surface area contributed by atoms with Gasteiger partial charge in [-0.15, -0.1) is 0 Å². The third kappa shape index (κ3) is 9.60. The van der Waals surface area contributed by atoms with Crippen LogP contribution in [0.5, 0.6) is 0 Å². The second kappa shape index (κ2) is 16.5. The van der Waals surface area contributed by atoms with Crippen LogP contribution in [0.25, 0.3) is 0 Å². The molecule has 0 aliphatic carbocycles. The average Bonchev–Trinajstić information content (AvgIpc) is 2.95. The van der Waals surface area contributed by atoms with E-state index < -0.39 is 0 Å². The summed E-state index contributed by atoms with van der Waals surface area (Å²) >= 11 is 0. The van der Waals surface area contributed by atoms with Crippen LogP contribution in [0.2, 0.25) is 0 Å². The topological polar surface area (TPSA) is 61.1 Å². The molecule has 2 aromatic carbocycles. The molecule has 4 bridgehead atoms. The van der Waals surface area contributed by atoms with E-state index in [0.717, 1.165) is 131 Å². The Labute approximate surface area is 242 Å². The fraction of sp³-hybridized carbons (Fsp3) is 0.625. The highest BCUT2D eigenvalue weighted by Crippen LogP contribution is 2.16. The molecule has 0 atom stereocenters. The lowest BCUT2D eigenvalue weighted by atomic mass is 10.1. The SMILES string of the molecule is c1ccc2c(c1)CN1CCNCCN(CCNCC1)Cc1ccccc1CN1CCNCCN(CCNCC1)C2. The van der Waals surface area contributed by atoms with Crippen molar-refractivity contribution in [3.63, 3.8) is 0 Å². The Balaban J connectivity index is 1.38. The van der Waals surface area contributed by atoms with E-state index in [2.05, 4.69) is 89.4 Å². The third-order valence-electron chi connectivity index (χ3n) is 8.65. The van der Waals surface area contributed by atoms with Crippen molar-refractivity contribution >= 4 is 0 Å². The maximum atomic E-state index is 3.76. The van der Waals surface area contributed by atoms with Crippen LogP contribution < -0.4 is 21.3 Å². The van der Waals surface area contributed by atoms with Gasteiger partial charge in [0.25, 0.3) is 0 Å². The van der Waals surface area contributed by atoms with Crippen LogP contribution in [0.15, 0.2) is 48.5 Å². The standard InChI is InChI=1S/C32H52N8/c1-2-6-30-26-38-19-11-35-15-23-40(24-16-36-12-20-38)28-32-8-4-3-7-31(32)27-39-21-13-33-9-17-37(25-29(30)5-1)18-10-34-14-22-39/h1-8,33-36H,9-28H2. The fourth-order valence-electron chi connectivity index (χ4n) is 6.17. The molecule has 2 fully saturated rings. The van der Waals surface area contributed by atoms with E-state index in [1.54, 1.807) is 0 Å². The molecule has 0 amide bonds. The van der Waals surface area contributed by atoms with Gasteiger partial charge in [0.2, 0.25) is 0 Å². The Morgan fingerprint density at radius 2 is 0.525 bits per heavy atom. The number of rotatable bonds is 0. The van der Waals surface area contributed by atoms with E-state index in [4.69, 9.17) is 0 Å². The van der Waals surface area contributed by atoms with Gasteiger partial charge in [-0.25, -0.2) is 0 Å². The summed E-state index contributed by atoms with van der Waals surface area (Å²) in [6, 6.07) is 18.3. The van der Waals surface area contributed by atoms with Gasteiger partial charge >= 0.3 is 0 Å². The minimum atomic E-state index is 1.02. The Hall–Kier alpha value is -1.88. The van der Waals surface area contributed by atoms with E-state index in [0.29, 0.717) is 0 Å². The second-order valence-corrected chi connectivity index (χ2v) is 11.6. The molecule has 8 nitrogen and oxygen atoms in total. The summed E-state index contributed by atoms with van der Waals surface area (Å²) < 4.78 is 0. The normalized spacial score (nSPS) is 28.6. The summed E-state index contributed by atoms with van der Waals surface area (Å²) in [4.78, 5) is 10.5. The Kier molecular flexibility index (Phi) is 12.2. The van der Waals surface area contributed by atoms with Crippen molar-refractivity contribution in [1.82, 2.24) is 40.9 Å². The van der Waals surface area contributed by atoms with Crippen LogP contribution in [0.1, 0.15) is 22.3 Å². The maximum Gasteiger partial charge on any atom is 0.0238 e.